The number of carboxylic acids is 1. The summed E-state index contributed by atoms with van der Waals surface area (Å²) >= 11 is 0. The average molecular weight is 309 g/mol. The Labute approximate surface area is 130 Å². The number of hydrogen-bond acceptors (Lipinski definition) is 4. The van der Waals surface area contributed by atoms with Crippen molar-refractivity contribution in [1.82, 2.24) is 5.32 Å². The molecule has 0 aliphatic heterocycles. The first-order chi connectivity index (χ1) is 10.5. The number of methoxy groups -OCH3 is 1. The second kappa shape index (κ2) is 9.04. The highest BCUT2D eigenvalue weighted by atomic mass is 16.5. The number of nitrogens with one attached hydrogen (secondary N) is 1. The maximum Gasteiger partial charge on any atom is 0.330 e. The molecule has 22 heavy (non-hydrogen) atoms. The number of carbonyl (C=O) groups is 2. The molecule has 1 aromatic rings. The molecule has 1 amide bonds. The van der Waals surface area contributed by atoms with Crippen LogP contribution in [-0.4, -0.2) is 36.8 Å². The molecule has 2 N–H and O–H groups in total. The van der Waals surface area contributed by atoms with E-state index in [-0.39, 0.29) is 0 Å². The summed E-state index contributed by atoms with van der Waals surface area (Å²) in [6, 6.07) is 5.41. The zero-order chi connectivity index (χ0) is 16.5. The first kappa shape index (κ1) is 18.0. The first-order valence-corrected chi connectivity index (χ1v) is 7.28. The maximum absolute atomic E-state index is 12.0. The van der Waals surface area contributed by atoms with Crippen LogP contribution in [0.25, 0.3) is 0 Å². The van der Waals surface area contributed by atoms with Gasteiger partial charge < -0.3 is 19.9 Å². The van der Waals surface area contributed by atoms with Gasteiger partial charge in [0.2, 0.25) is 5.91 Å². The molecule has 6 heteroatoms. The van der Waals surface area contributed by atoms with E-state index in [0.29, 0.717) is 17.9 Å². The largest absolute Gasteiger partial charge is 0.497 e. The molecule has 1 aromatic carbocycles. The molecule has 0 bridgehead atoms. The van der Waals surface area contributed by atoms with Crippen LogP contribution in [0.5, 0.6) is 5.75 Å². The molecule has 2 atom stereocenters. The fourth-order valence-electron chi connectivity index (χ4n) is 1.82. The Morgan fingerprint density at radius 3 is 2.41 bits per heavy atom. The van der Waals surface area contributed by atoms with Gasteiger partial charge in [0.15, 0.2) is 6.04 Å². The lowest BCUT2D eigenvalue weighted by Crippen LogP contribution is -2.40. The SMILES string of the molecule is CCCCOC(C)C(=O)NC(C(=O)O)c1ccc(OC)cc1. The van der Waals surface area contributed by atoms with Gasteiger partial charge in [0.25, 0.3) is 0 Å². The number of ether oxygens (including phenoxy) is 2. The monoisotopic (exact) mass is 309 g/mol. The summed E-state index contributed by atoms with van der Waals surface area (Å²) in [4.78, 5) is 23.4. The summed E-state index contributed by atoms with van der Waals surface area (Å²) in [7, 11) is 1.53. The molecule has 6 nitrogen and oxygen atoms in total. The van der Waals surface area contributed by atoms with E-state index in [1.807, 2.05) is 6.92 Å². The van der Waals surface area contributed by atoms with Gasteiger partial charge in [0.1, 0.15) is 11.9 Å². The van der Waals surface area contributed by atoms with Crippen molar-refractivity contribution < 1.29 is 24.2 Å². The van der Waals surface area contributed by atoms with Crippen LogP contribution in [0.4, 0.5) is 0 Å². The molecule has 2 unspecified atom stereocenters. The van der Waals surface area contributed by atoms with Gasteiger partial charge in [0, 0.05) is 6.61 Å². The van der Waals surface area contributed by atoms with Crippen LogP contribution in [0.1, 0.15) is 38.3 Å². The average Bonchev–Trinajstić information content (AvgIpc) is 2.52. The minimum atomic E-state index is -1.13. The zero-order valence-electron chi connectivity index (χ0n) is 13.2. The van der Waals surface area contributed by atoms with Gasteiger partial charge in [-0.05, 0) is 31.0 Å². The third-order valence-electron chi connectivity index (χ3n) is 3.22. The standard InChI is InChI=1S/C16H23NO5/c1-4-5-10-22-11(2)15(18)17-14(16(19)20)12-6-8-13(21-3)9-7-12/h6-9,11,14H,4-5,10H2,1-3H3,(H,17,18)(H,19,20). The van der Waals surface area contributed by atoms with Gasteiger partial charge >= 0.3 is 5.97 Å². The number of benzene rings is 1. The Morgan fingerprint density at radius 2 is 1.91 bits per heavy atom. The summed E-state index contributed by atoms with van der Waals surface area (Å²) in [6.07, 6.45) is 1.14. The predicted octanol–water partition coefficient (Wildman–Crippen LogP) is 2.14. The predicted molar refractivity (Wildman–Crippen MR) is 81.8 cm³/mol. The number of amides is 1. The number of carbonyl (C=O) groups excluding carboxylic acids is 1. The van der Waals surface area contributed by atoms with Crippen LogP contribution in [0.15, 0.2) is 24.3 Å². The molecule has 0 spiro atoms. The van der Waals surface area contributed by atoms with Crippen molar-refractivity contribution >= 4 is 11.9 Å². The van der Waals surface area contributed by atoms with Crippen molar-refractivity contribution in [1.29, 1.82) is 0 Å². The summed E-state index contributed by atoms with van der Waals surface area (Å²) in [5.41, 5.74) is 0.474. The lowest BCUT2D eigenvalue weighted by atomic mass is 10.1. The summed E-state index contributed by atoms with van der Waals surface area (Å²) in [5.74, 6) is -0.950. The van der Waals surface area contributed by atoms with E-state index in [1.165, 1.54) is 7.11 Å². The topological polar surface area (TPSA) is 84.9 Å². The molecule has 0 saturated heterocycles. The molecule has 0 aromatic heterocycles. The summed E-state index contributed by atoms with van der Waals surface area (Å²) in [6.45, 7) is 4.11. The fraction of sp³-hybridized carbons (Fsp3) is 0.500. The number of hydrogen-bond donors (Lipinski definition) is 2. The highest BCUT2D eigenvalue weighted by Crippen LogP contribution is 2.18. The van der Waals surface area contributed by atoms with Crippen molar-refractivity contribution in [3.05, 3.63) is 29.8 Å². The third-order valence-corrected chi connectivity index (χ3v) is 3.22. The van der Waals surface area contributed by atoms with Crippen molar-refractivity contribution in [3.63, 3.8) is 0 Å². The van der Waals surface area contributed by atoms with Crippen LogP contribution >= 0.6 is 0 Å². The molecular formula is C16H23NO5. The maximum atomic E-state index is 12.0. The van der Waals surface area contributed by atoms with E-state index in [2.05, 4.69) is 5.32 Å². The van der Waals surface area contributed by atoms with E-state index in [9.17, 15) is 14.7 Å². The minimum Gasteiger partial charge on any atom is -0.497 e. The molecule has 122 valence electrons. The summed E-state index contributed by atoms with van der Waals surface area (Å²) in [5, 5.41) is 11.8. The first-order valence-electron chi connectivity index (χ1n) is 7.28. The Hall–Kier alpha value is -2.08. The van der Waals surface area contributed by atoms with Crippen LogP contribution < -0.4 is 10.1 Å². The van der Waals surface area contributed by atoms with E-state index in [4.69, 9.17) is 9.47 Å². The molecule has 0 saturated carbocycles. The molecule has 0 radical (unpaired) electrons. The third kappa shape index (κ3) is 5.37. The van der Waals surface area contributed by atoms with E-state index in [1.54, 1.807) is 31.2 Å². The van der Waals surface area contributed by atoms with Crippen molar-refractivity contribution in [2.45, 2.75) is 38.8 Å². The molecule has 0 heterocycles. The van der Waals surface area contributed by atoms with Gasteiger partial charge in [-0.1, -0.05) is 25.5 Å². The van der Waals surface area contributed by atoms with Crippen LogP contribution in [0, 0.1) is 0 Å². The van der Waals surface area contributed by atoms with Gasteiger partial charge in [-0.3, -0.25) is 4.79 Å². The smallest absolute Gasteiger partial charge is 0.330 e. The van der Waals surface area contributed by atoms with Crippen LogP contribution in [0.2, 0.25) is 0 Å². The van der Waals surface area contributed by atoms with Crippen molar-refractivity contribution in [2.75, 3.05) is 13.7 Å². The van der Waals surface area contributed by atoms with Gasteiger partial charge in [-0.15, -0.1) is 0 Å². The molecule has 0 fully saturated rings. The zero-order valence-corrected chi connectivity index (χ0v) is 13.2. The van der Waals surface area contributed by atoms with E-state index < -0.39 is 24.0 Å². The molecule has 0 aliphatic rings. The van der Waals surface area contributed by atoms with E-state index in [0.717, 1.165) is 12.8 Å². The Morgan fingerprint density at radius 1 is 1.27 bits per heavy atom. The van der Waals surface area contributed by atoms with E-state index >= 15 is 0 Å². The minimum absolute atomic E-state index is 0.445. The quantitative estimate of drug-likeness (QED) is 0.683. The second-order valence-corrected chi connectivity index (χ2v) is 4.92. The highest BCUT2D eigenvalue weighted by Gasteiger charge is 2.24. The Balaban J connectivity index is 2.70. The van der Waals surface area contributed by atoms with Gasteiger partial charge in [-0.2, -0.15) is 0 Å². The summed E-state index contributed by atoms with van der Waals surface area (Å²) < 4.78 is 10.4. The molecular weight excluding hydrogens is 286 g/mol. The Bertz CT molecular complexity index is 486. The van der Waals surface area contributed by atoms with Crippen molar-refractivity contribution in [2.24, 2.45) is 0 Å². The normalized spacial score (nSPS) is 13.2. The fourth-order valence-corrected chi connectivity index (χ4v) is 1.82. The number of rotatable bonds is 9. The second-order valence-electron chi connectivity index (χ2n) is 4.92. The lowest BCUT2D eigenvalue weighted by Gasteiger charge is -2.18. The molecule has 0 aliphatic carbocycles. The number of aliphatic carboxylic acids is 1. The highest BCUT2D eigenvalue weighted by molar-refractivity contribution is 5.86. The Kier molecular flexibility index (Phi) is 7.39. The molecule has 1 rings (SSSR count). The van der Waals surface area contributed by atoms with Crippen LogP contribution in [0.3, 0.4) is 0 Å². The van der Waals surface area contributed by atoms with Crippen molar-refractivity contribution in [3.8, 4) is 5.75 Å². The van der Waals surface area contributed by atoms with Gasteiger partial charge in [-0.25, -0.2) is 4.79 Å². The lowest BCUT2D eigenvalue weighted by molar-refractivity contribution is -0.144. The van der Waals surface area contributed by atoms with Crippen LogP contribution in [-0.2, 0) is 14.3 Å². The number of unbranched alkanes of at least 4 members (excludes halogenated alkanes) is 1. The number of carboxylic acid groups (broad SMARTS) is 1. The van der Waals surface area contributed by atoms with Gasteiger partial charge in [0.05, 0.1) is 7.11 Å².